The largest absolute Gasteiger partial charge is 0.381 e. The van der Waals surface area contributed by atoms with Crippen LogP contribution in [0.1, 0.15) is 24.5 Å². The minimum atomic E-state index is 0.521. The average Bonchev–Trinajstić information content (AvgIpc) is 2.72. The zero-order chi connectivity index (χ0) is 11.0. The van der Waals surface area contributed by atoms with Crippen LogP contribution in [0, 0.1) is 0 Å². The second-order valence-electron chi connectivity index (χ2n) is 4.00. The van der Waals surface area contributed by atoms with E-state index in [2.05, 4.69) is 32.1 Å². The van der Waals surface area contributed by atoms with Gasteiger partial charge in [-0.1, -0.05) is 0 Å². The Bertz CT molecular complexity index is 505. The van der Waals surface area contributed by atoms with Crippen LogP contribution in [0.3, 0.4) is 0 Å². The van der Waals surface area contributed by atoms with Crippen LogP contribution in [-0.2, 0) is 4.74 Å². The third-order valence-corrected chi connectivity index (χ3v) is 3.52. The summed E-state index contributed by atoms with van der Waals surface area (Å²) in [6.45, 7) is 1.69. The van der Waals surface area contributed by atoms with E-state index < -0.39 is 0 Å². The van der Waals surface area contributed by atoms with Crippen LogP contribution < -0.4 is 0 Å². The van der Waals surface area contributed by atoms with Gasteiger partial charge in [0.05, 0.1) is 11.9 Å². The van der Waals surface area contributed by atoms with Crippen molar-refractivity contribution in [1.29, 1.82) is 0 Å². The summed E-state index contributed by atoms with van der Waals surface area (Å²) < 4.78 is 8.10. The molecular weight excluding hydrogens is 270 g/mol. The Kier molecular flexibility index (Phi) is 2.65. The van der Waals surface area contributed by atoms with Gasteiger partial charge < -0.3 is 4.74 Å². The number of nitrogens with zero attached hydrogens (tertiary/aromatic N) is 3. The minimum Gasteiger partial charge on any atom is -0.381 e. The van der Waals surface area contributed by atoms with Crippen molar-refractivity contribution < 1.29 is 4.74 Å². The third-order valence-electron chi connectivity index (χ3n) is 2.98. The molecule has 1 fully saturated rings. The maximum Gasteiger partial charge on any atom is 0.154 e. The highest BCUT2D eigenvalue weighted by atomic mass is 79.9. The van der Waals surface area contributed by atoms with Gasteiger partial charge >= 0.3 is 0 Å². The first kappa shape index (κ1) is 10.2. The van der Waals surface area contributed by atoms with E-state index in [0.29, 0.717) is 5.92 Å². The zero-order valence-electron chi connectivity index (χ0n) is 8.77. The highest BCUT2D eigenvalue weighted by Gasteiger charge is 2.18. The monoisotopic (exact) mass is 281 g/mol. The lowest BCUT2D eigenvalue weighted by molar-refractivity contribution is 0.0842. The van der Waals surface area contributed by atoms with Gasteiger partial charge in [-0.2, -0.15) is 5.10 Å². The molecule has 84 valence electrons. The maximum atomic E-state index is 5.36. The van der Waals surface area contributed by atoms with Crippen LogP contribution in [0.2, 0.25) is 0 Å². The molecule has 3 heterocycles. The van der Waals surface area contributed by atoms with E-state index in [4.69, 9.17) is 4.74 Å². The minimum absolute atomic E-state index is 0.521. The lowest BCUT2D eigenvalue weighted by Crippen LogP contribution is -2.16. The summed E-state index contributed by atoms with van der Waals surface area (Å²) in [6.07, 6.45) is 3.89. The average molecular weight is 282 g/mol. The molecule has 0 spiro atoms. The van der Waals surface area contributed by atoms with Crippen LogP contribution in [-0.4, -0.2) is 27.8 Å². The summed E-state index contributed by atoms with van der Waals surface area (Å²) in [7, 11) is 0. The SMILES string of the molecule is Brc1cnc2ccc(C3CCOCC3)nn12. The topological polar surface area (TPSA) is 39.4 Å². The van der Waals surface area contributed by atoms with Gasteiger partial charge in [0.1, 0.15) is 4.60 Å². The molecule has 0 bridgehead atoms. The number of rotatable bonds is 1. The number of ether oxygens (including phenoxy) is 1. The Balaban J connectivity index is 1.99. The number of fused-ring (bicyclic) bond motifs is 1. The summed E-state index contributed by atoms with van der Waals surface area (Å²) in [5, 5.41) is 4.61. The fourth-order valence-corrected chi connectivity index (χ4v) is 2.43. The molecule has 2 aromatic rings. The zero-order valence-corrected chi connectivity index (χ0v) is 10.4. The standard InChI is InChI=1S/C11H12BrN3O/c12-10-7-13-11-2-1-9(14-15(10)11)8-3-5-16-6-4-8/h1-2,7-8H,3-6H2. The van der Waals surface area contributed by atoms with Gasteiger partial charge in [-0.3, -0.25) is 0 Å². The van der Waals surface area contributed by atoms with Crippen LogP contribution in [0.4, 0.5) is 0 Å². The second kappa shape index (κ2) is 4.14. The quantitative estimate of drug-likeness (QED) is 0.806. The molecule has 3 rings (SSSR count). The molecule has 2 aromatic heterocycles. The predicted molar refractivity (Wildman–Crippen MR) is 63.5 cm³/mol. The van der Waals surface area contributed by atoms with Crippen LogP contribution in [0.5, 0.6) is 0 Å². The molecule has 0 aromatic carbocycles. The van der Waals surface area contributed by atoms with E-state index >= 15 is 0 Å². The molecule has 5 heteroatoms. The highest BCUT2D eigenvalue weighted by Crippen LogP contribution is 2.25. The molecule has 0 atom stereocenters. The Morgan fingerprint density at radius 1 is 1.31 bits per heavy atom. The fourth-order valence-electron chi connectivity index (χ4n) is 2.07. The second-order valence-corrected chi connectivity index (χ2v) is 4.81. The van der Waals surface area contributed by atoms with Crippen molar-refractivity contribution in [3.05, 3.63) is 28.6 Å². The van der Waals surface area contributed by atoms with Gasteiger partial charge in [-0.15, -0.1) is 0 Å². The van der Waals surface area contributed by atoms with Crippen LogP contribution in [0.15, 0.2) is 22.9 Å². The van der Waals surface area contributed by atoms with Gasteiger partial charge in [0, 0.05) is 19.1 Å². The molecule has 1 aliphatic rings. The molecule has 0 N–H and O–H groups in total. The molecule has 0 amide bonds. The van der Waals surface area contributed by atoms with Gasteiger partial charge in [0.25, 0.3) is 0 Å². The third kappa shape index (κ3) is 1.74. The van der Waals surface area contributed by atoms with E-state index in [0.717, 1.165) is 42.0 Å². The summed E-state index contributed by atoms with van der Waals surface area (Å²) in [5.74, 6) is 0.521. The molecule has 0 radical (unpaired) electrons. The van der Waals surface area contributed by atoms with Crippen LogP contribution >= 0.6 is 15.9 Å². The highest BCUT2D eigenvalue weighted by molar-refractivity contribution is 9.10. The first-order valence-corrected chi connectivity index (χ1v) is 6.22. The van der Waals surface area contributed by atoms with Gasteiger partial charge in [0.2, 0.25) is 0 Å². The van der Waals surface area contributed by atoms with Crippen molar-refractivity contribution in [2.24, 2.45) is 0 Å². The van der Waals surface area contributed by atoms with Crippen molar-refractivity contribution in [3.63, 3.8) is 0 Å². The van der Waals surface area contributed by atoms with Crippen molar-refractivity contribution in [1.82, 2.24) is 14.6 Å². The van der Waals surface area contributed by atoms with E-state index in [1.54, 1.807) is 6.20 Å². The normalized spacial score (nSPS) is 18.1. The first-order chi connectivity index (χ1) is 7.84. The molecular formula is C11H12BrN3O. The van der Waals surface area contributed by atoms with Crippen molar-refractivity contribution >= 4 is 21.6 Å². The Morgan fingerprint density at radius 2 is 2.12 bits per heavy atom. The number of hydrogen-bond donors (Lipinski definition) is 0. The van der Waals surface area contributed by atoms with Crippen molar-refractivity contribution in [2.75, 3.05) is 13.2 Å². The number of halogens is 1. The van der Waals surface area contributed by atoms with Gasteiger partial charge in [-0.05, 0) is 40.9 Å². The molecule has 4 nitrogen and oxygen atoms in total. The summed E-state index contributed by atoms with van der Waals surface area (Å²) in [6, 6.07) is 4.09. The molecule has 0 aliphatic carbocycles. The van der Waals surface area contributed by atoms with E-state index in [-0.39, 0.29) is 0 Å². The fraction of sp³-hybridized carbons (Fsp3) is 0.455. The number of aromatic nitrogens is 3. The molecule has 1 saturated heterocycles. The molecule has 1 aliphatic heterocycles. The van der Waals surface area contributed by atoms with Crippen LogP contribution in [0.25, 0.3) is 5.65 Å². The van der Waals surface area contributed by atoms with E-state index in [1.165, 1.54) is 0 Å². The lowest BCUT2D eigenvalue weighted by atomic mass is 9.96. The Morgan fingerprint density at radius 3 is 2.94 bits per heavy atom. The predicted octanol–water partition coefficient (Wildman–Crippen LogP) is 2.39. The van der Waals surface area contributed by atoms with Gasteiger partial charge in [0.15, 0.2) is 5.65 Å². The van der Waals surface area contributed by atoms with Crippen molar-refractivity contribution in [3.8, 4) is 0 Å². The smallest absolute Gasteiger partial charge is 0.154 e. The summed E-state index contributed by atoms with van der Waals surface area (Å²) in [5.41, 5.74) is 2.01. The summed E-state index contributed by atoms with van der Waals surface area (Å²) in [4.78, 5) is 4.23. The lowest BCUT2D eigenvalue weighted by Gasteiger charge is -2.21. The van der Waals surface area contributed by atoms with E-state index in [1.807, 2.05) is 10.6 Å². The number of hydrogen-bond acceptors (Lipinski definition) is 3. The van der Waals surface area contributed by atoms with E-state index in [9.17, 15) is 0 Å². The molecule has 16 heavy (non-hydrogen) atoms. The van der Waals surface area contributed by atoms with Gasteiger partial charge in [-0.25, -0.2) is 9.50 Å². The Labute approximate surface area is 102 Å². The molecule has 0 unspecified atom stereocenters. The first-order valence-electron chi connectivity index (χ1n) is 5.42. The summed E-state index contributed by atoms with van der Waals surface area (Å²) >= 11 is 3.44. The molecule has 0 saturated carbocycles. The van der Waals surface area contributed by atoms with Crippen molar-refractivity contribution in [2.45, 2.75) is 18.8 Å². The number of imidazole rings is 1. The Hall–Kier alpha value is -0.940. The maximum absolute atomic E-state index is 5.36.